The summed E-state index contributed by atoms with van der Waals surface area (Å²) in [4.78, 5) is 2.44. The molecule has 4 heteroatoms. The van der Waals surface area contributed by atoms with Crippen LogP contribution in [0.15, 0.2) is 36.4 Å². The molecule has 3 nitrogen and oxygen atoms in total. The molecule has 0 aliphatic carbocycles. The minimum atomic E-state index is -1.66. The number of hydrogen-bond acceptors (Lipinski definition) is 3. The Morgan fingerprint density at radius 1 is 1.17 bits per heavy atom. The highest BCUT2D eigenvalue weighted by Crippen LogP contribution is 2.36. The SMILES string of the molecule is CC(C)(C)[Si](C)(C)OCCC=C(c1ccccc1)N1CCOCC1. The highest BCUT2D eigenvalue weighted by atomic mass is 28.4. The predicted molar refractivity (Wildman–Crippen MR) is 105 cm³/mol. The molecule has 1 heterocycles. The van der Waals surface area contributed by atoms with E-state index in [0.717, 1.165) is 39.3 Å². The van der Waals surface area contributed by atoms with Gasteiger partial charge in [0, 0.05) is 25.4 Å². The maximum Gasteiger partial charge on any atom is 0.191 e. The summed E-state index contributed by atoms with van der Waals surface area (Å²) in [6.07, 6.45) is 3.29. The highest BCUT2D eigenvalue weighted by molar-refractivity contribution is 6.74. The van der Waals surface area contributed by atoms with Gasteiger partial charge < -0.3 is 14.1 Å². The summed E-state index contributed by atoms with van der Waals surface area (Å²) < 4.78 is 11.8. The van der Waals surface area contributed by atoms with Gasteiger partial charge in [0.05, 0.1) is 13.2 Å². The largest absolute Gasteiger partial charge is 0.417 e. The Labute approximate surface area is 148 Å². The van der Waals surface area contributed by atoms with Crippen molar-refractivity contribution in [2.24, 2.45) is 0 Å². The summed E-state index contributed by atoms with van der Waals surface area (Å²) in [5.74, 6) is 0. The molecule has 0 saturated carbocycles. The van der Waals surface area contributed by atoms with Gasteiger partial charge in [-0.1, -0.05) is 57.2 Å². The summed E-state index contributed by atoms with van der Waals surface area (Å²) in [6.45, 7) is 15.8. The van der Waals surface area contributed by atoms with Gasteiger partial charge in [0.15, 0.2) is 8.32 Å². The standard InChI is InChI=1S/C20H33NO2Si/c1-20(2,3)24(4,5)23-15-9-12-19(18-10-7-6-8-11-18)21-13-16-22-17-14-21/h6-8,10-12H,9,13-17H2,1-5H3. The first-order valence-corrected chi connectivity index (χ1v) is 11.9. The minimum absolute atomic E-state index is 0.267. The summed E-state index contributed by atoms with van der Waals surface area (Å²) in [6, 6.07) is 10.7. The van der Waals surface area contributed by atoms with E-state index in [0.29, 0.717) is 0 Å². The van der Waals surface area contributed by atoms with E-state index < -0.39 is 8.32 Å². The van der Waals surface area contributed by atoms with Gasteiger partial charge in [-0.3, -0.25) is 0 Å². The van der Waals surface area contributed by atoms with Crippen LogP contribution in [0.4, 0.5) is 0 Å². The van der Waals surface area contributed by atoms with Crippen LogP contribution in [-0.4, -0.2) is 46.1 Å². The van der Waals surface area contributed by atoms with Crippen LogP contribution in [0.3, 0.4) is 0 Å². The minimum Gasteiger partial charge on any atom is -0.417 e. The molecule has 0 unspecified atom stereocenters. The Kier molecular flexibility index (Phi) is 6.67. The molecule has 0 atom stereocenters. The zero-order chi connectivity index (χ0) is 17.6. The van der Waals surface area contributed by atoms with Gasteiger partial charge in [0.25, 0.3) is 0 Å². The fourth-order valence-electron chi connectivity index (χ4n) is 2.57. The number of nitrogens with zero attached hydrogens (tertiary/aromatic N) is 1. The maximum atomic E-state index is 6.32. The van der Waals surface area contributed by atoms with E-state index in [4.69, 9.17) is 9.16 Å². The van der Waals surface area contributed by atoms with E-state index in [-0.39, 0.29) is 5.04 Å². The van der Waals surface area contributed by atoms with E-state index >= 15 is 0 Å². The Hall–Kier alpha value is -1.10. The lowest BCUT2D eigenvalue weighted by molar-refractivity contribution is 0.0638. The number of rotatable bonds is 6. The number of ether oxygens (including phenoxy) is 1. The van der Waals surface area contributed by atoms with Gasteiger partial charge in [0.1, 0.15) is 0 Å². The van der Waals surface area contributed by atoms with Gasteiger partial charge in [-0.2, -0.15) is 0 Å². The molecule has 134 valence electrons. The first-order chi connectivity index (χ1) is 11.3. The third kappa shape index (κ3) is 5.20. The third-order valence-electron chi connectivity index (χ3n) is 5.15. The molecular weight excluding hydrogens is 314 g/mol. The molecule has 1 fully saturated rings. The Bertz CT molecular complexity index is 528. The lowest BCUT2D eigenvalue weighted by atomic mass is 10.1. The number of hydrogen-bond donors (Lipinski definition) is 0. The summed E-state index contributed by atoms with van der Waals surface area (Å²) in [5.41, 5.74) is 2.60. The molecule has 0 N–H and O–H groups in total. The van der Waals surface area contributed by atoms with Crippen LogP contribution in [0, 0.1) is 0 Å². The zero-order valence-corrected chi connectivity index (χ0v) is 17.0. The molecule has 1 aliphatic heterocycles. The Morgan fingerprint density at radius 3 is 2.38 bits per heavy atom. The predicted octanol–water partition coefficient (Wildman–Crippen LogP) is 4.77. The average Bonchev–Trinajstić information content (AvgIpc) is 2.55. The van der Waals surface area contributed by atoms with Gasteiger partial charge >= 0.3 is 0 Å². The van der Waals surface area contributed by atoms with Crippen molar-refractivity contribution in [3.8, 4) is 0 Å². The highest BCUT2D eigenvalue weighted by Gasteiger charge is 2.36. The maximum absolute atomic E-state index is 6.32. The molecule has 2 rings (SSSR count). The molecule has 1 aromatic rings. The average molecular weight is 348 g/mol. The van der Waals surface area contributed by atoms with Gasteiger partial charge in [-0.15, -0.1) is 0 Å². The van der Waals surface area contributed by atoms with E-state index in [2.05, 4.69) is 75.2 Å². The van der Waals surface area contributed by atoms with Crippen molar-refractivity contribution < 1.29 is 9.16 Å². The molecule has 0 amide bonds. The van der Waals surface area contributed by atoms with E-state index in [1.54, 1.807) is 0 Å². The molecule has 0 spiro atoms. The van der Waals surface area contributed by atoms with Crippen molar-refractivity contribution in [1.29, 1.82) is 0 Å². The second kappa shape index (κ2) is 8.32. The second-order valence-electron chi connectivity index (χ2n) is 7.95. The zero-order valence-electron chi connectivity index (χ0n) is 16.0. The van der Waals surface area contributed by atoms with Gasteiger partial charge in [0.2, 0.25) is 0 Å². The molecule has 24 heavy (non-hydrogen) atoms. The summed E-state index contributed by atoms with van der Waals surface area (Å²) >= 11 is 0. The topological polar surface area (TPSA) is 21.7 Å². The Morgan fingerprint density at radius 2 is 1.79 bits per heavy atom. The first-order valence-electron chi connectivity index (χ1n) is 9.03. The molecule has 0 radical (unpaired) electrons. The van der Waals surface area contributed by atoms with Crippen molar-refractivity contribution in [3.05, 3.63) is 42.0 Å². The van der Waals surface area contributed by atoms with Crippen molar-refractivity contribution in [2.45, 2.75) is 45.3 Å². The molecule has 1 saturated heterocycles. The monoisotopic (exact) mass is 347 g/mol. The molecule has 0 bridgehead atoms. The summed E-state index contributed by atoms with van der Waals surface area (Å²) in [5, 5.41) is 0.267. The van der Waals surface area contributed by atoms with Crippen LogP contribution >= 0.6 is 0 Å². The number of morpholine rings is 1. The first kappa shape index (κ1) is 19.2. The lowest BCUT2D eigenvalue weighted by Crippen LogP contribution is -2.41. The van der Waals surface area contributed by atoms with Crippen LogP contribution in [0.2, 0.25) is 18.1 Å². The van der Waals surface area contributed by atoms with Crippen molar-refractivity contribution in [3.63, 3.8) is 0 Å². The summed E-state index contributed by atoms with van der Waals surface area (Å²) in [7, 11) is -1.66. The van der Waals surface area contributed by atoms with Crippen LogP contribution in [0.1, 0.15) is 32.8 Å². The van der Waals surface area contributed by atoms with E-state index in [9.17, 15) is 0 Å². The molecule has 1 aliphatic rings. The molecular formula is C20H33NO2Si. The van der Waals surface area contributed by atoms with Crippen molar-refractivity contribution in [2.75, 3.05) is 32.9 Å². The van der Waals surface area contributed by atoms with E-state index in [1.165, 1.54) is 11.3 Å². The molecule has 1 aromatic carbocycles. The van der Waals surface area contributed by atoms with Crippen LogP contribution in [-0.2, 0) is 9.16 Å². The molecule has 0 aromatic heterocycles. The fraction of sp³-hybridized carbons (Fsp3) is 0.600. The quantitative estimate of drug-likeness (QED) is 0.546. The normalized spacial score (nSPS) is 17.2. The van der Waals surface area contributed by atoms with Crippen LogP contribution < -0.4 is 0 Å². The fourth-order valence-corrected chi connectivity index (χ4v) is 3.63. The van der Waals surface area contributed by atoms with Crippen LogP contribution in [0.25, 0.3) is 5.70 Å². The second-order valence-corrected chi connectivity index (χ2v) is 12.8. The van der Waals surface area contributed by atoms with Crippen molar-refractivity contribution in [1.82, 2.24) is 4.90 Å². The third-order valence-corrected chi connectivity index (χ3v) is 9.68. The van der Waals surface area contributed by atoms with Gasteiger partial charge in [-0.25, -0.2) is 0 Å². The lowest BCUT2D eigenvalue weighted by Gasteiger charge is -2.36. The smallest absolute Gasteiger partial charge is 0.191 e. The van der Waals surface area contributed by atoms with E-state index in [1.807, 2.05) is 0 Å². The van der Waals surface area contributed by atoms with Gasteiger partial charge in [-0.05, 0) is 30.1 Å². The Balaban J connectivity index is 2.03. The number of benzene rings is 1. The van der Waals surface area contributed by atoms with Crippen LogP contribution in [0.5, 0.6) is 0 Å². The van der Waals surface area contributed by atoms with Crippen molar-refractivity contribution >= 4 is 14.0 Å².